The zero-order valence-corrected chi connectivity index (χ0v) is 19.0. The van der Waals surface area contributed by atoms with Crippen LogP contribution in [0.3, 0.4) is 0 Å². The van der Waals surface area contributed by atoms with Crippen molar-refractivity contribution in [2.75, 3.05) is 31.7 Å². The summed E-state index contributed by atoms with van der Waals surface area (Å²) in [5.74, 6) is 0.445. The van der Waals surface area contributed by atoms with E-state index < -0.39 is 29.3 Å². The van der Waals surface area contributed by atoms with Gasteiger partial charge in [0, 0.05) is 31.3 Å². The van der Waals surface area contributed by atoms with Gasteiger partial charge in [0.15, 0.2) is 5.76 Å². The van der Waals surface area contributed by atoms with Gasteiger partial charge in [0.2, 0.25) is 0 Å². The van der Waals surface area contributed by atoms with Crippen molar-refractivity contribution in [3.63, 3.8) is 0 Å². The van der Waals surface area contributed by atoms with Crippen molar-refractivity contribution >= 4 is 17.1 Å². The molecule has 0 saturated carbocycles. The molecule has 11 nitrogen and oxygen atoms in total. The SMILES string of the molecule is O=[N+]([O-])c1cc(C2=COCCO2)ccc1NCc1cccc(CN2C[C@H](O)[C@@H](O)[C@H](O)[C@H]2CO)c1. The van der Waals surface area contributed by atoms with E-state index in [4.69, 9.17) is 9.47 Å². The summed E-state index contributed by atoms with van der Waals surface area (Å²) in [6.07, 6.45) is -2.25. The minimum atomic E-state index is -1.31. The molecule has 2 aliphatic heterocycles. The van der Waals surface area contributed by atoms with Crippen molar-refractivity contribution in [3.05, 3.63) is 75.5 Å². The van der Waals surface area contributed by atoms with Crippen LogP contribution in [0.25, 0.3) is 5.76 Å². The lowest BCUT2D eigenvalue weighted by atomic mass is 9.93. The van der Waals surface area contributed by atoms with Gasteiger partial charge in [-0.1, -0.05) is 24.3 Å². The van der Waals surface area contributed by atoms with Crippen LogP contribution in [0.1, 0.15) is 16.7 Å². The summed E-state index contributed by atoms with van der Waals surface area (Å²) in [7, 11) is 0. The first-order valence-corrected chi connectivity index (χ1v) is 11.3. The second kappa shape index (κ2) is 11.0. The minimum Gasteiger partial charge on any atom is -0.494 e. The Hall–Kier alpha value is -3.22. The van der Waals surface area contributed by atoms with Crippen LogP contribution in [-0.4, -0.2) is 81.0 Å². The van der Waals surface area contributed by atoms with Gasteiger partial charge in [-0.25, -0.2) is 0 Å². The van der Waals surface area contributed by atoms with Crippen LogP contribution < -0.4 is 5.32 Å². The van der Waals surface area contributed by atoms with E-state index in [-0.39, 0.29) is 18.8 Å². The van der Waals surface area contributed by atoms with E-state index in [1.54, 1.807) is 17.0 Å². The standard InChI is InChI=1S/C24H29N3O8/c28-13-20-23(30)24(31)21(29)12-26(20)11-16-3-1-2-15(8-16)10-25-18-5-4-17(9-19(18)27(32)33)22-14-34-6-7-35-22/h1-5,8-9,14,20-21,23-25,28-31H,6-7,10-13H2/t20-,21+,23-,24-/m1/s1. The van der Waals surface area contributed by atoms with Crippen LogP contribution in [0.5, 0.6) is 0 Å². The number of piperidine rings is 1. The molecule has 188 valence electrons. The lowest BCUT2D eigenvalue weighted by Gasteiger charge is -2.43. The second-order valence-electron chi connectivity index (χ2n) is 8.59. The molecule has 0 unspecified atom stereocenters. The van der Waals surface area contributed by atoms with Crippen LogP contribution >= 0.6 is 0 Å². The molecule has 0 aliphatic carbocycles. The van der Waals surface area contributed by atoms with E-state index in [1.165, 1.54) is 12.3 Å². The molecule has 0 amide bonds. The van der Waals surface area contributed by atoms with Gasteiger partial charge in [-0.15, -0.1) is 0 Å². The van der Waals surface area contributed by atoms with Gasteiger partial charge >= 0.3 is 0 Å². The minimum absolute atomic E-state index is 0.0886. The molecule has 0 spiro atoms. The van der Waals surface area contributed by atoms with Gasteiger partial charge < -0.3 is 35.2 Å². The van der Waals surface area contributed by atoms with E-state index >= 15 is 0 Å². The number of nitrogens with one attached hydrogen (secondary N) is 1. The van der Waals surface area contributed by atoms with Gasteiger partial charge in [0.1, 0.15) is 37.4 Å². The Morgan fingerprint density at radius 3 is 2.60 bits per heavy atom. The molecule has 0 aromatic heterocycles. The number of nitro benzene ring substituents is 1. The van der Waals surface area contributed by atoms with E-state index in [1.807, 2.05) is 24.3 Å². The van der Waals surface area contributed by atoms with E-state index in [0.29, 0.717) is 43.3 Å². The second-order valence-corrected chi connectivity index (χ2v) is 8.59. The number of nitrogens with zero attached hydrogens (tertiary/aromatic N) is 2. The third-order valence-electron chi connectivity index (χ3n) is 6.20. The fourth-order valence-corrected chi connectivity index (χ4v) is 4.34. The van der Waals surface area contributed by atoms with Crippen LogP contribution in [0.15, 0.2) is 48.7 Å². The van der Waals surface area contributed by atoms with Crippen molar-refractivity contribution in [3.8, 4) is 0 Å². The Balaban J connectivity index is 1.45. The number of aliphatic hydroxyl groups is 4. The number of rotatable bonds is 8. The van der Waals surface area contributed by atoms with Crippen LogP contribution in [0.2, 0.25) is 0 Å². The van der Waals surface area contributed by atoms with E-state index in [9.17, 15) is 30.5 Å². The number of hydrogen-bond acceptors (Lipinski definition) is 10. The average Bonchev–Trinajstić information content (AvgIpc) is 2.87. The molecule has 35 heavy (non-hydrogen) atoms. The van der Waals surface area contributed by atoms with Crippen LogP contribution in [0.4, 0.5) is 11.4 Å². The summed E-state index contributed by atoms with van der Waals surface area (Å²) in [5.41, 5.74) is 2.56. The molecule has 2 aromatic carbocycles. The Kier molecular flexibility index (Phi) is 7.83. The van der Waals surface area contributed by atoms with Gasteiger partial charge in [0.05, 0.1) is 23.7 Å². The Labute approximate surface area is 202 Å². The first kappa shape index (κ1) is 24.9. The largest absolute Gasteiger partial charge is 0.494 e. The number of nitro groups is 1. The fourth-order valence-electron chi connectivity index (χ4n) is 4.34. The third kappa shape index (κ3) is 5.72. The predicted octanol–water partition coefficient (Wildman–Crippen LogP) is 0.811. The molecule has 1 fully saturated rings. The molecular formula is C24H29N3O8. The summed E-state index contributed by atoms with van der Waals surface area (Å²) in [5, 5.41) is 54.6. The maximum atomic E-state index is 11.7. The zero-order chi connectivity index (χ0) is 24.9. The molecule has 2 aliphatic rings. The molecule has 0 radical (unpaired) electrons. The predicted molar refractivity (Wildman–Crippen MR) is 126 cm³/mol. The number of β-amino-alcohol motifs (C(OH)–C–C–N with tert-alkyl or cyclic N) is 1. The maximum Gasteiger partial charge on any atom is 0.293 e. The van der Waals surface area contributed by atoms with Crippen LogP contribution in [-0.2, 0) is 22.6 Å². The first-order valence-electron chi connectivity index (χ1n) is 11.3. The normalized spacial score (nSPS) is 24.7. The number of benzene rings is 2. The van der Waals surface area contributed by atoms with Gasteiger partial charge in [-0.2, -0.15) is 0 Å². The van der Waals surface area contributed by atoms with Crippen molar-refractivity contribution < 1.29 is 34.8 Å². The Morgan fingerprint density at radius 2 is 1.89 bits per heavy atom. The number of aliphatic hydroxyl groups excluding tert-OH is 4. The number of anilines is 1. The number of hydrogen-bond donors (Lipinski definition) is 5. The van der Waals surface area contributed by atoms with Gasteiger partial charge in [-0.05, 0) is 23.3 Å². The highest BCUT2D eigenvalue weighted by atomic mass is 16.6. The van der Waals surface area contributed by atoms with Crippen LogP contribution in [0, 0.1) is 10.1 Å². The summed E-state index contributed by atoms with van der Waals surface area (Å²) in [6, 6.07) is 11.6. The van der Waals surface area contributed by atoms with Crippen molar-refractivity contribution in [2.24, 2.45) is 0 Å². The van der Waals surface area contributed by atoms with Gasteiger partial charge in [-0.3, -0.25) is 15.0 Å². The van der Waals surface area contributed by atoms with Crippen molar-refractivity contribution in [2.45, 2.75) is 37.4 Å². The quantitative estimate of drug-likeness (QED) is 0.267. The highest BCUT2D eigenvalue weighted by Crippen LogP contribution is 2.30. The Bertz CT molecular complexity index is 1080. The molecule has 0 bridgehead atoms. The molecule has 2 aromatic rings. The topological polar surface area (TPSA) is 158 Å². The molecular weight excluding hydrogens is 458 g/mol. The maximum absolute atomic E-state index is 11.7. The summed E-state index contributed by atoms with van der Waals surface area (Å²) in [6.45, 7) is 1.22. The lowest BCUT2D eigenvalue weighted by molar-refractivity contribution is -0.384. The fraction of sp³-hybridized carbons (Fsp3) is 0.417. The smallest absolute Gasteiger partial charge is 0.293 e. The highest BCUT2D eigenvalue weighted by Gasteiger charge is 2.40. The zero-order valence-electron chi connectivity index (χ0n) is 19.0. The number of ether oxygens (including phenoxy) is 2. The monoisotopic (exact) mass is 487 g/mol. The molecule has 5 N–H and O–H groups in total. The molecule has 1 saturated heterocycles. The van der Waals surface area contributed by atoms with Crippen molar-refractivity contribution in [1.82, 2.24) is 4.90 Å². The summed E-state index contributed by atoms with van der Waals surface area (Å²) in [4.78, 5) is 12.9. The van der Waals surface area contributed by atoms with E-state index in [2.05, 4.69) is 5.32 Å². The molecule has 2 heterocycles. The molecule has 11 heteroatoms. The summed E-state index contributed by atoms with van der Waals surface area (Å²) < 4.78 is 10.7. The molecule has 4 rings (SSSR count). The highest BCUT2D eigenvalue weighted by molar-refractivity contribution is 5.70. The lowest BCUT2D eigenvalue weighted by Crippen LogP contribution is -2.62. The summed E-state index contributed by atoms with van der Waals surface area (Å²) >= 11 is 0. The van der Waals surface area contributed by atoms with E-state index in [0.717, 1.165) is 11.1 Å². The third-order valence-corrected chi connectivity index (χ3v) is 6.20. The van der Waals surface area contributed by atoms with Crippen molar-refractivity contribution in [1.29, 1.82) is 0 Å². The molecule has 4 atom stereocenters. The number of likely N-dealkylation sites (tertiary alicyclic amines) is 1. The first-order chi connectivity index (χ1) is 16.9. The Morgan fingerprint density at radius 1 is 1.09 bits per heavy atom. The van der Waals surface area contributed by atoms with Gasteiger partial charge in [0.25, 0.3) is 5.69 Å². The average molecular weight is 488 g/mol.